The average Bonchev–Trinajstić information content (AvgIpc) is 3.07. The van der Waals surface area contributed by atoms with Crippen LogP contribution in [0, 0.1) is 5.92 Å². The van der Waals surface area contributed by atoms with Crippen LogP contribution < -0.4 is 5.32 Å². The second-order valence-electron chi connectivity index (χ2n) is 8.30. The maximum atomic E-state index is 12.6. The van der Waals surface area contributed by atoms with Gasteiger partial charge in [-0.05, 0) is 68.7 Å². The SMILES string of the molecule is CC1CCN(C2CCC(NC(=O)N3Cc4ccccc4C3)CC2)CC1. The van der Waals surface area contributed by atoms with Crippen LogP contribution in [0.2, 0.25) is 0 Å². The molecule has 0 bridgehead atoms. The Morgan fingerprint density at radius 2 is 1.56 bits per heavy atom. The summed E-state index contributed by atoms with van der Waals surface area (Å²) in [7, 11) is 0. The number of hydrogen-bond acceptors (Lipinski definition) is 2. The van der Waals surface area contributed by atoms with Crippen LogP contribution in [0.25, 0.3) is 0 Å². The van der Waals surface area contributed by atoms with E-state index in [0.29, 0.717) is 6.04 Å². The van der Waals surface area contributed by atoms with E-state index in [1.165, 1.54) is 49.9 Å². The molecule has 3 aliphatic rings. The van der Waals surface area contributed by atoms with Gasteiger partial charge in [0.25, 0.3) is 0 Å². The Hall–Kier alpha value is -1.55. The summed E-state index contributed by atoms with van der Waals surface area (Å²) in [6.45, 7) is 6.43. The minimum absolute atomic E-state index is 0.117. The molecule has 4 rings (SSSR count). The maximum absolute atomic E-state index is 12.6. The van der Waals surface area contributed by atoms with Gasteiger partial charge in [-0.1, -0.05) is 31.2 Å². The van der Waals surface area contributed by atoms with Gasteiger partial charge >= 0.3 is 6.03 Å². The van der Waals surface area contributed by atoms with Gasteiger partial charge in [0.15, 0.2) is 0 Å². The molecule has 2 fully saturated rings. The summed E-state index contributed by atoms with van der Waals surface area (Å²) in [5, 5.41) is 3.29. The smallest absolute Gasteiger partial charge is 0.318 e. The van der Waals surface area contributed by atoms with Gasteiger partial charge in [-0.15, -0.1) is 0 Å². The molecule has 2 heterocycles. The van der Waals surface area contributed by atoms with Gasteiger partial charge in [0.05, 0.1) is 0 Å². The molecule has 2 aliphatic heterocycles. The minimum Gasteiger partial charge on any atom is -0.335 e. The number of likely N-dealkylation sites (tertiary alicyclic amines) is 1. The lowest BCUT2D eigenvalue weighted by Gasteiger charge is -2.40. The lowest BCUT2D eigenvalue weighted by molar-refractivity contribution is 0.103. The summed E-state index contributed by atoms with van der Waals surface area (Å²) in [5.41, 5.74) is 2.58. The predicted molar refractivity (Wildman–Crippen MR) is 100 cm³/mol. The van der Waals surface area contributed by atoms with E-state index in [1.54, 1.807) is 0 Å². The van der Waals surface area contributed by atoms with Crippen molar-refractivity contribution in [2.75, 3.05) is 13.1 Å². The van der Waals surface area contributed by atoms with E-state index in [1.807, 2.05) is 4.90 Å². The van der Waals surface area contributed by atoms with Gasteiger partial charge in [0, 0.05) is 25.2 Å². The Balaban J connectivity index is 1.23. The first-order valence-electron chi connectivity index (χ1n) is 10.1. The monoisotopic (exact) mass is 341 g/mol. The van der Waals surface area contributed by atoms with Crippen LogP contribution in [0.4, 0.5) is 4.79 Å². The van der Waals surface area contributed by atoms with Gasteiger partial charge < -0.3 is 15.1 Å². The molecule has 1 N–H and O–H groups in total. The molecular formula is C21H31N3O. The topological polar surface area (TPSA) is 35.6 Å². The van der Waals surface area contributed by atoms with Crippen molar-refractivity contribution in [2.24, 2.45) is 5.92 Å². The van der Waals surface area contributed by atoms with Crippen molar-refractivity contribution in [1.82, 2.24) is 15.1 Å². The van der Waals surface area contributed by atoms with E-state index < -0.39 is 0 Å². The standard InChI is InChI=1S/C21H31N3O/c1-16-10-12-23(13-11-16)20-8-6-19(7-9-20)22-21(25)24-14-17-4-2-3-5-18(17)15-24/h2-5,16,19-20H,6-15H2,1H3,(H,22,25). The van der Waals surface area contributed by atoms with E-state index in [2.05, 4.69) is 41.4 Å². The Kier molecular flexibility index (Phi) is 4.98. The molecule has 1 saturated heterocycles. The van der Waals surface area contributed by atoms with Crippen LogP contribution in [0.15, 0.2) is 24.3 Å². The van der Waals surface area contributed by atoms with E-state index in [4.69, 9.17) is 0 Å². The number of amides is 2. The van der Waals surface area contributed by atoms with Crippen molar-refractivity contribution >= 4 is 6.03 Å². The van der Waals surface area contributed by atoms with Crippen molar-refractivity contribution < 1.29 is 4.79 Å². The number of piperidine rings is 1. The van der Waals surface area contributed by atoms with E-state index >= 15 is 0 Å². The van der Waals surface area contributed by atoms with E-state index in [9.17, 15) is 4.79 Å². The molecule has 2 amide bonds. The predicted octanol–water partition coefficient (Wildman–Crippen LogP) is 3.75. The van der Waals surface area contributed by atoms with Crippen LogP contribution in [0.1, 0.15) is 56.6 Å². The molecule has 1 aromatic carbocycles. The second kappa shape index (κ2) is 7.36. The fourth-order valence-electron chi connectivity index (χ4n) is 4.72. The van der Waals surface area contributed by atoms with Gasteiger partial charge in [-0.2, -0.15) is 0 Å². The largest absolute Gasteiger partial charge is 0.335 e. The van der Waals surface area contributed by atoms with Crippen LogP contribution in [-0.2, 0) is 13.1 Å². The Morgan fingerprint density at radius 1 is 0.960 bits per heavy atom. The van der Waals surface area contributed by atoms with Gasteiger partial charge in [0.1, 0.15) is 0 Å². The molecule has 1 saturated carbocycles. The molecule has 136 valence electrons. The molecule has 0 aromatic heterocycles. The second-order valence-corrected chi connectivity index (χ2v) is 8.30. The third kappa shape index (κ3) is 3.84. The molecule has 1 aromatic rings. The van der Waals surface area contributed by atoms with Crippen molar-refractivity contribution in [1.29, 1.82) is 0 Å². The van der Waals surface area contributed by atoms with Gasteiger partial charge in [-0.25, -0.2) is 4.79 Å². The molecule has 25 heavy (non-hydrogen) atoms. The lowest BCUT2D eigenvalue weighted by Crippen LogP contribution is -2.48. The lowest BCUT2D eigenvalue weighted by atomic mass is 9.88. The highest BCUT2D eigenvalue weighted by molar-refractivity contribution is 5.75. The van der Waals surface area contributed by atoms with Crippen LogP contribution in [0.5, 0.6) is 0 Å². The molecule has 4 heteroatoms. The van der Waals surface area contributed by atoms with Gasteiger partial charge in [0.2, 0.25) is 0 Å². The fourth-order valence-corrected chi connectivity index (χ4v) is 4.72. The summed E-state index contributed by atoms with van der Waals surface area (Å²) < 4.78 is 0. The number of carbonyl (C=O) groups excluding carboxylic acids is 1. The summed E-state index contributed by atoms with van der Waals surface area (Å²) in [5.74, 6) is 0.900. The van der Waals surface area contributed by atoms with E-state index in [0.717, 1.165) is 37.9 Å². The van der Waals surface area contributed by atoms with Crippen LogP contribution in [0.3, 0.4) is 0 Å². The summed E-state index contributed by atoms with van der Waals surface area (Å²) in [6.07, 6.45) is 7.43. The Bertz CT molecular complexity index is 576. The molecule has 0 spiro atoms. The van der Waals surface area contributed by atoms with Crippen molar-refractivity contribution in [3.8, 4) is 0 Å². The van der Waals surface area contributed by atoms with Crippen molar-refractivity contribution in [3.63, 3.8) is 0 Å². The normalized spacial score (nSPS) is 28.0. The van der Waals surface area contributed by atoms with Crippen molar-refractivity contribution in [3.05, 3.63) is 35.4 Å². The first-order chi connectivity index (χ1) is 12.2. The average molecular weight is 341 g/mol. The highest BCUT2D eigenvalue weighted by atomic mass is 16.2. The summed E-state index contributed by atoms with van der Waals surface area (Å²) >= 11 is 0. The number of rotatable bonds is 2. The number of carbonyl (C=O) groups is 1. The van der Waals surface area contributed by atoms with Crippen molar-refractivity contribution in [2.45, 2.75) is 70.6 Å². The number of hydrogen-bond donors (Lipinski definition) is 1. The first-order valence-corrected chi connectivity index (χ1v) is 10.1. The molecular weight excluding hydrogens is 310 g/mol. The van der Waals surface area contributed by atoms with E-state index in [-0.39, 0.29) is 6.03 Å². The van der Waals surface area contributed by atoms with Gasteiger partial charge in [-0.3, -0.25) is 0 Å². The Labute approximate surface area is 151 Å². The fraction of sp³-hybridized carbons (Fsp3) is 0.667. The Morgan fingerprint density at radius 3 is 2.16 bits per heavy atom. The quantitative estimate of drug-likeness (QED) is 0.889. The van der Waals surface area contributed by atoms with Crippen LogP contribution in [-0.4, -0.2) is 41.0 Å². The third-order valence-electron chi connectivity index (χ3n) is 6.49. The zero-order valence-electron chi connectivity index (χ0n) is 15.4. The number of benzene rings is 1. The molecule has 0 atom stereocenters. The summed E-state index contributed by atoms with van der Waals surface area (Å²) in [4.78, 5) is 17.3. The first kappa shape index (κ1) is 16.9. The molecule has 0 unspecified atom stereocenters. The third-order valence-corrected chi connectivity index (χ3v) is 6.49. The molecule has 0 radical (unpaired) electrons. The highest BCUT2D eigenvalue weighted by Gasteiger charge is 2.30. The summed E-state index contributed by atoms with van der Waals surface area (Å²) in [6, 6.07) is 9.60. The number of urea groups is 1. The number of fused-ring (bicyclic) bond motifs is 1. The molecule has 4 nitrogen and oxygen atoms in total. The zero-order valence-corrected chi connectivity index (χ0v) is 15.4. The highest BCUT2D eigenvalue weighted by Crippen LogP contribution is 2.28. The van der Waals surface area contributed by atoms with Crippen LogP contribution >= 0.6 is 0 Å². The maximum Gasteiger partial charge on any atom is 0.318 e. The molecule has 1 aliphatic carbocycles. The minimum atomic E-state index is 0.117. The number of nitrogens with zero attached hydrogens (tertiary/aromatic N) is 2. The zero-order chi connectivity index (χ0) is 17.2. The number of nitrogens with one attached hydrogen (secondary N) is 1.